The molecule has 5 heteroatoms. The zero-order valence-electron chi connectivity index (χ0n) is 9.27. The van der Waals surface area contributed by atoms with Crippen LogP contribution in [0.2, 0.25) is 0 Å². The molecular weight excluding hydrogens is 208 g/mol. The van der Waals surface area contributed by atoms with E-state index in [1.807, 2.05) is 0 Å². The van der Waals surface area contributed by atoms with Crippen molar-refractivity contribution in [3.05, 3.63) is 17.8 Å². The van der Waals surface area contributed by atoms with Crippen LogP contribution in [-0.2, 0) is 0 Å². The summed E-state index contributed by atoms with van der Waals surface area (Å²) in [4.78, 5) is 15.5. The van der Waals surface area contributed by atoms with Gasteiger partial charge in [0.05, 0.1) is 6.10 Å². The summed E-state index contributed by atoms with van der Waals surface area (Å²) in [7, 11) is 0. The minimum Gasteiger partial charge on any atom is -0.448 e. The highest BCUT2D eigenvalue weighted by Gasteiger charge is 2.26. The lowest BCUT2D eigenvalue weighted by Crippen LogP contribution is -2.32. The quantitative estimate of drug-likeness (QED) is 0.799. The second kappa shape index (κ2) is 4.65. The Morgan fingerprint density at radius 3 is 3.06 bits per heavy atom. The van der Waals surface area contributed by atoms with Crippen LogP contribution in [-0.4, -0.2) is 28.6 Å². The third kappa shape index (κ3) is 2.24. The Morgan fingerprint density at radius 2 is 2.50 bits per heavy atom. The maximum atomic E-state index is 11.7. The third-order valence-corrected chi connectivity index (χ3v) is 3.10. The highest BCUT2D eigenvalue weighted by Crippen LogP contribution is 2.24. The smallest absolute Gasteiger partial charge is 0.273 e. The average Bonchev–Trinajstić information content (AvgIpc) is 2.84. The molecule has 1 aliphatic rings. The van der Waals surface area contributed by atoms with Crippen molar-refractivity contribution in [2.24, 2.45) is 5.92 Å². The van der Waals surface area contributed by atoms with E-state index >= 15 is 0 Å². The Morgan fingerprint density at radius 1 is 1.69 bits per heavy atom. The Kier molecular flexibility index (Phi) is 3.24. The van der Waals surface area contributed by atoms with Crippen molar-refractivity contribution in [1.82, 2.24) is 10.3 Å². The maximum absolute atomic E-state index is 11.7. The van der Waals surface area contributed by atoms with E-state index in [1.54, 1.807) is 6.92 Å². The number of amides is 1. The first-order valence-corrected chi connectivity index (χ1v) is 5.55. The lowest BCUT2D eigenvalue weighted by molar-refractivity contribution is 0.0911. The summed E-state index contributed by atoms with van der Waals surface area (Å²) in [5.74, 6) is 0.464. The van der Waals surface area contributed by atoms with Gasteiger partial charge in [0.2, 0.25) is 0 Å². The van der Waals surface area contributed by atoms with Gasteiger partial charge in [-0.15, -0.1) is 0 Å². The number of oxazole rings is 1. The normalized spacial score (nSPS) is 24.6. The van der Waals surface area contributed by atoms with Gasteiger partial charge >= 0.3 is 0 Å². The fourth-order valence-electron chi connectivity index (χ4n) is 2.09. The summed E-state index contributed by atoms with van der Waals surface area (Å²) in [5.41, 5.74) is 0.326. The molecule has 5 nitrogen and oxygen atoms in total. The molecule has 2 atom stereocenters. The minimum atomic E-state index is -0.279. The van der Waals surface area contributed by atoms with Gasteiger partial charge in [-0.1, -0.05) is 6.42 Å². The van der Waals surface area contributed by atoms with Crippen molar-refractivity contribution in [2.75, 3.05) is 6.54 Å². The van der Waals surface area contributed by atoms with Gasteiger partial charge in [0.1, 0.15) is 5.76 Å². The summed E-state index contributed by atoms with van der Waals surface area (Å²) >= 11 is 0. The van der Waals surface area contributed by atoms with Crippen LogP contribution < -0.4 is 5.32 Å². The van der Waals surface area contributed by atoms with Crippen LogP contribution in [0, 0.1) is 12.8 Å². The van der Waals surface area contributed by atoms with Gasteiger partial charge in [-0.2, -0.15) is 0 Å². The summed E-state index contributed by atoms with van der Waals surface area (Å²) in [6, 6.07) is 0. The van der Waals surface area contributed by atoms with Crippen molar-refractivity contribution in [3.8, 4) is 0 Å². The molecule has 1 aromatic rings. The predicted molar refractivity (Wildman–Crippen MR) is 56.9 cm³/mol. The summed E-state index contributed by atoms with van der Waals surface area (Å²) in [6.45, 7) is 2.21. The molecule has 88 valence electrons. The molecule has 1 amide bonds. The fourth-order valence-corrected chi connectivity index (χ4v) is 2.09. The van der Waals surface area contributed by atoms with Crippen molar-refractivity contribution in [3.63, 3.8) is 0 Å². The second-order valence-electron chi connectivity index (χ2n) is 4.23. The number of hydrogen-bond donors (Lipinski definition) is 2. The lowest BCUT2D eigenvalue weighted by atomic mass is 10.1. The predicted octanol–water partition coefficient (Wildman–Crippen LogP) is 0.874. The Hall–Kier alpha value is -1.36. The zero-order valence-corrected chi connectivity index (χ0v) is 9.27. The van der Waals surface area contributed by atoms with Crippen LogP contribution in [0.4, 0.5) is 0 Å². The molecule has 16 heavy (non-hydrogen) atoms. The van der Waals surface area contributed by atoms with Gasteiger partial charge in [0, 0.05) is 12.5 Å². The number of hydrogen-bond acceptors (Lipinski definition) is 4. The number of nitrogens with one attached hydrogen (secondary N) is 1. The lowest BCUT2D eigenvalue weighted by Gasteiger charge is -2.14. The van der Waals surface area contributed by atoms with Crippen LogP contribution in [0.1, 0.15) is 35.5 Å². The number of rotatable bonds is 3. The number of nitrogens with zero attached hydrogens (tertiary/aromatic N) is 1. The molecule has 0 spiro atoms. The number of aliphatic hydroxyl groups excluding tert-OH is 1. The fraction of sp³-hybridized carbons (Fsp3) is 0.636. The molecule has 1 saturated carbocycles. The number of aliphatic hydroxyl groups is 1. The monoisotopic (exact) mass is 224 g/mol. The van der Waals surface area contributed by atoms with Gasteiger partial charge in [-0.3, -0.25) is 4.79 Å². The second-order valence-corrected chi connectivity index (χ2v) is 4.23. The van der Waals surface area contributed by atoms with E-state index in [0.29, 0.717) is 18.0 Å². The van der Waals surface area contributed by atoms with Crippen molar-refractivity contribution >= 4 is 5.91 Å². The highest BCUT2D eigenvalue weighted by molar-refractivity contribution is 5.93. The van der Waals surface area contributed by atoms with E-state index in [9.17, 15) is 9.90 Å². The van der Waals surface area contributed by atoms with Crippen LogP contribution in [0.3, 0.4) is 0 Å². The Balaban J connectivity index is 1.86. The molecule has 0 radical (unpaired) electrons. The molecular formula is C11H16N2O3. The topological polar surface area (TPSA) is 75.4 Å². The zero-order chi connectivity index (χ0) is 11.5. The molecule has 2 unspecified atom stereocenters. The third-order valence-electron chi connectivity index (χ3n) is 3.10. The van der Waals surface area contributed by atoms with Crippen molar-refractivity contribution < 1.29 is 14.3 Å². The van der Waals surface area contributed by atoms with Gasteiger partial charge in [-0.05, 0) is 19.8 Å². The van der Waals surface area contributed by atoms with E-state index in [-0.39, 0.29) is 17.9 Å². The first-order valence-electron chi connectivity index (χ1n) is 5.55. The SMILES string of the molecule is Cc1ocnc1C(=O)NCC1CCCC1O. The standard InChI is InChI=1S/C11H16N2O3/c1-7-10(13-6-16-7)11(15)12-5-8-3-2-4-9(8)14/h6,8-9,14H,2-5H2,1H3,(H,12,15). The molecule has 1 fully saturated rings. The summed E-state index contributed by atoms with van der Waals surface area (Å²) < 4.78 is 4.96. The molecule has 0 aromatic carbocycles. The van der Waals surface area contributed by atoms with E-state index in [4.69, 9.17) is 4.42 Å². The van der Waals surface area contributed by atoms with E-state index < -0.39 is 0 Å². The Labute approximate surface area is 93.9 Å². The first-order chi connectivity index (χ1) is 7.68. The number of aryl methyl sites for hydroxylation is 1. The van der Waals surface area contributed by atoms with Crippen molar-refractivity contribution in [2.45, 2.75) is 32.3 Å². The van der Waals surface area contributed by atoms with Gasteiger partial charge in [0.15, 0.2) is 12.1 Å². The van der Waals surface area contributed by atoms with Gasteiger partial charge in [-0.25, -0.2) is 4.98 Å². The average molecular weight is 224 g/mol. The molecule has 1 aliphatic carbocycles. The Bertz CT molecular complexity index is 375. The largest absolute Gasteiger partial charge is 0.448 e. The van der Waals surface area contributed by atoms with Crippen LogP contribution in [0.15, 0.2) is 10.8 Å². The molecule has 1 heterocycles. The number of carbonyl (C=O) groups is 1. The molecule has 1 aromatic heterocycles. The van der Waals surface area contributed by atoms with E-state index in [0.717, 1.165) is 19.3 Å². The highest BCUT2D eigenvalue weighted by atomic mass is 16.3. The van der Waals surface area contributed by atoms with Gasteiger partial charge in [0.25, 0.3) is 5.91 Å². The van der Waals surface area contributed by atoms with Crippen LogP contribution in [0.25, 0.3) is 0 Å². The van der Waals surface area contributed by atoms with Crippen LogP contribution >= 0.6 is 0 Å². The number of carbonyl (C=O) groups excluding carboxylic acids is 1. The van der Waals surface area contributed by atoms with E-state index in [1.165, 1.54) is 6.39 Å². The minimum absolute atomic E-state index is 0.177. The molecule has 2 rings (SSSR count). The number of aromatic nitrogens is 1. The molecule has 0 saturated heterocycles. The van der Waals surface area contributed by atoms with Crippen LogP contribution in [0.5, 0.6) is 0 Å². The van der Waals surface area contributed by atoms with E-state index in [2.05, 4.69) is 10.3 Å². The molecule has 0 bridgehead atoms. The first kappa shape index (κ1) is 11.1. The summed E-state index contributed by atoms with van der Waals surface area (Å²) in [5, 5.41) is 12.4. The molecule has 2 N–H and O–H groups in total. The summed E-state index contributed by atoms with van der Waals surface area (Å²) in [6.07, 6.45) is 3.82. The van der Waals surface area contributed by atoms with Crippen molar-refractivity contribution in [1.29, 1.82) is 0 Å². The molecule has 0 aliphatic heterocycles. The van der Waals surface area contributed by atoms with Gasteiger partial charge < -0.3 is 14.8 Å². The maximum Gasteiger partial charge on any atom is 0.273 e.